The molecule has 0 saturated carbocycles. The number of benzene rings is 1. The summed E-state index contributed by atoms with van der Waals surface area (Å²) < 4.78 is 0. The van der Waals surface area contributed by atoms with Crippen molar-refractivity contribution >= 4 is 22.8 Å². The topological polar surface area (TPSA) is 88.9 Å². The number of likely N-dealkylation sites (tertiary alicyclic amines) is 1. The van der Waals surface area contributed by atoms with E-state index < -0.39 is 0 Å². The van der Waals surface area contributed by atoms with E-state index in [1.165, 1.54) is 0 Å². The van der Waals surface area contributed by atoms with Crippen LogP contribution in [0.15, 0.2) is 42.9 Å². The van der Waals surface area contributed by atoms with Crippen LogP contribution in [-0.4, -0.2) is 50.9 Å². The van der Waals surface area contributed by atoms with Crippen LogP contribution in [-0.2, 0) is 11.2 Å². The quantitative estimate of drug-likeness (QED) is 0.772. The maximum Gasteiger partial charge on any atom is 0.227 e. The summed E-state index contributed by atoms with van der Waals surface area (Å²) in [6.07, 6.45) is 4.83. The minimum absolute atomic E-state index is 0.154. The molecule has 7 nitrogen and oxygen atoms in total. The lowest BCUT2D eigenvalue weighted by Crippen LogP contribution is -2.49. The van der Waals surface area contributed by atoms with Gasteiger partial charge < -0.3 is 14.8 Å². The van der Waals surface area contributed by atoms with Crippen LogP contribution in [0.3, 0.4) is 0 Å². The van der Waals surface area contributed by atoms with Crippen LogP contribution < -0.4 is 4.90 Å². The van der Waals surface area contributed by atoms with Crippen molar-refractivity contribution in [2.45, 2.75) is 24.9 Å². The molecule has 1 aromatic carbocycles. The Morgan fingerprint density at radius 1 is 1.19 bits per heavy atom. The zero-order valence-electron chi connectivity index (χ0n) is 14.7. The molecule has 5 rings (SSSR count). The minimum atomic E-state index is 0.154. The Labute approximate surface area is 156 Å². The molecule has 0 aliphatic carbocycles. The number of carbonyl (C=O) groups is 1. The summed E-state index contributed by atoms with van der Waals surface area (Å²) in [5, 5.41) is 9.91. The second-order valence-electron chi connectivity index (χ2n) is 7.16. The van der Waals surface area contributed by atoms with Gasteiger partial charge in [0.15, 0.2) is 0 Å². The van der Waals surface area contributed by atoms with Crippen molar-refractivity contribution in [1.29, 1.82) is 5.26 Å². The molecule has 134 valence electrons. The number of rotatable bonds is 3. The first-order valence-electron chi connectivity index (χ1n) is 9.06. The van der Waals surface area contributed by atoms with E-state index in [-0.39, 0.29) is 11.9 Å². The fraction of sp³-hybridized carbons (Fsp3) is 0.300. The molecule has 2 aromatic heterocycles. The van der Waals surface area contributed by atoms with E-state index in [0.29, 0.717) is 18.0 Å². The number of hydrogen-bond acceptors (Lipinski definition) is 5. The molecule has 0 spiro atoms. The lowest BCUT2D eigenvalue weighted by Gasteiger charge is -2.35. The second-order valence-corrected chi connectivity index (χ2v) is 7.16. The Morgan fingerprint density at radius 3 is 2.78 bits per heavy atom. The summed E-state index contributed by atoms with van der Waals surface area (Å²) in [4.78, 5) is 29.0. The molecule has 4 heterocycles. The zero-order valence-corrected chi connectivity index (χ0v) is 14.7. The molecule has 0 radical (unpaired) electrons. The molecule has 7 heteroatoms. The standard InChI is InChI=1S/C20H18N6O/c21-9-14-3-1-13(2-4-14)7-18(27)25-10-16-8-15(25)11-26(16)20-17-5-6-22-19(17)23-12-24-20/h1-6,12,15-16H,7-8,10-11H2,(H,22,23,24). The third kappa shape index (κ3) is 2.61. The highest BCUT2D eigenvalue weighted by Crippen LogP contribution is 2.36. The van der Waals surface area contributed by atoms with E-state index in [9.17, 15) is 4.79 Å². The van der Waals surface area contributed by atoms with Crippen LogP contribution in [0.4, 0.5) is 5.82 Å². The van der Waals surface area contributed by atoms with Gasteiger partial charge in [-0.25, -0.2) is 9.97 Å². The third-order valence-electron chi connectivity index (χ3n) is 5.60. The van der Waals surface area contributed by atoms with Crippen LogP contribution >= 0.6 is 0 Å². The number of anilines is 1. The van der Waals surface area contributed by atoms with Gasteiger partial charge in [0.2, 0.25) is 5.91 Å². The number of nitriles is 1. The first kappa shape index (κ1) is 15.8. The van der Waals surface area contributed by atoms with Crippen molar-refractivity contribution in [3.63, 3.8) is 0 Å². The molecule has 1 N–H and O–H groups in total. The van der Waals surface area contributed by atoms with Crippen molar-refractivity contribution in [3.8, 4) is 6.07 Å². The molecule has 3 aromatic rings. The molecule has 2 fully saturated rings. The maximum absolute atomic E-state index is 12.8. The summed E-state index contributed by atoms with van der Waals surface area (Å²) in [5.74, 6) is 1.11. The summed E-state index contributed by atoms with van der Waals surface area (Å²) in [6, 6.07) is 11.9. The first-order chi connectivity index (χ1) is 13.2. The molecule has 2 aliphatic heterocycles. The summed E-state index contributed by atoms with van der Waals surface area (Å²) >= 11 is 0. The van der Waals surface area contributed by atoms with Gasteiger partial charge in [0.05, 0.1) is 35.5 Å². The number of nitrogens with one attached hydrogen (secondary N) is 1. The van der Waals surface area contributed by atoms with Gasteiger partial charge in [0, 0.05) is 19.3 Å². The number of piperazine rings is 1. The first-order valence-corrected chi connectivity index (χ1v) is 9.06. The third-order valence-corrected chi connectivity index (χ3v) is 5.60. The minimum Gasteiger partial charge on any atom is -0.349 e. The van der Waals surface area contributed by atoms with E-state index >= 15 is 0 Å². The highest BCUT2D eigenvalue weighted by molar-refractivity contribution is 5.88. The summed E-state index contributed by atoms with van der Waals surface area (Å²) in [5.41, 5.74) is 2.41. The number of amides is 1. The average molecular weight is 358 g/mol. The monoisotopic (exact) mass is 358 g/mol. The van der Waals surface area contributed by atoms with Crippen LogP contribution in [0.5, 0.6) is 0 Å². The molecule has 2 saturated heterocycles. The van der Waals surface area contributed by atoms with Gasteiger partial charge in [-0.3, -0.25) is 4.79 Å². The molecule has 2 atom stereocenters. The molecule has 2 bridgehead atoms. The Balaban J connectivity index is 1.30. The Hall–Kier alpha value is -3.40. The number of hydrogen-bond donors (Lipinski definition) is 1. The summed E-state index contributed by atoms with van der Waals surface area (Å²) in [6.45, 7) is 1.54. The van der Waals surface area contributed by atoms with E-state index in [1.54, 1.807) is 18.5 Å². The molecule has 27 heavy (non-hydrogen) atoms. The average Bonchev–Trinajstić information content (AvgIpc) is 3.43. The molecular weight excluding hydrogens is 340 g/mol. The molecule has 2 unspecified atom stereocenters. The van der Waals surface area contributed by atoms with Crippen LogP contribution in [0, 0.1) is 11.3 Å². The fourth-order valence-corrected chi connectivity index (χ4v) is 4.29. The van der Waals surface area contributed by atoms with Crippen molar-refractivity contribution in [3.05, 3.63) is 54.0 Å². The van der Waals surface area contributed by atoms with Gasteiger partial charge in [-0.15, -0.1) is 0 Å². The van der Waals surface area contributed by atoms with Gasteiger partial charge >= 0.3 is 0 Å². The van der Waals surface area contributed by atoms with Gasteiger partial charge in [-0.2, -0.15) is 5.26 Å². The predicted octanol–water partition coefficient (Wildman–Crippen LogP) is 1.86. The Kier molecular flexibility index (Phi) is 3.57. The molecular formula is C20H18N6O. The van der Waals surface area contributed by atoms with Crippen molar-refractivity contribution in [1.82, 2.24) is 19.9 Å². The highest BCUT2D eigenvalue weighted by Gasteiger charge is 2.45. The number of aromatic amines is 1. The lowest BCUT2D eigenvalue weighted by molar-refractivity contribution is -0.131. The normalized spacial score (nSPS) is 21.0. The van der Waals surface area contributed by atoms with E-state index in [4.69, 9.17) is 5.26 Å². The highest BCUT2D eigenvalue weighted by atomic mass is 16.2. The van der Waals surface area contributed by atoms with Gasteiger partial charge in [-0.05, 0) is 30.2 Å². The number of H-pyrrole nitrogens is 1. The Morgan fingerprint density at radius 2 is 2.04 bits per heavy atom. The van der Waals surface area contributed by atoms with Crippen molar-refractivity contribution in [2.75, 3.05) is 18.0 Å². The molecule has 2 aliphatic rings. The smallest absolute Gasteiger partial charge is 0.227 e. The van der Waals surface area contributed by atoms with E-state index in [1.807, 2.05) is 29.3 Å². The second kappa shape index (κ2) is 6.09. The lowest BCUT2D eigenvalue weighted by atomic mass is 10.1. The number of fused-ring (bicyclic) bond motifs is 3. The largest absolute Gasteiger partial charge is 0.349 e. The number of nitrogens with zero attached hydrogens (tertiary/aromatic N) is 5. The SMILES string of the molecule is N#Cc1ccc(CC(=O)N2CC3CC2CN3c2ncnc3[nH]ccc23)cc1. The van der Waals surface area contributed by atoms with Crippen LogP contribution in [0.2, 0.25) is 0 Å². The Bertz CT molecular complexity index is 1050. The number of carbonyl (C=O) groups excluding carboxylic acids is 1. The maximum atomic E-state index is 12.8. The molecule has 1 amide bonds. The van der Waals surface area contributed by atoms with Gasteiger partial charge in [-0.1, -0.05) is 12.1 Å². The zero-order chi connectivity index (χ0) is 18.4. The predicted molar refractivity (Wildman–Crippen MR) is 100 cm³/mol. The van der Waals surface area contributed by atoms with Crippen LogP contribution in [0.25, 0.3) is 11.0 Å². The fourth-order valence-electron chi connectivity index (χ4n) is 4.29. The summed E-state index contributed by atoms with van der Waals surface area (Å²) in [7, 11) is 0. The van der Waals surface area contributed by atoms with Gasteiger partial charge in [0.25, 0.3) is 0 Å². The van der Waals surface area contributed by atoms with Crippen molar-refractivity contribution in [2.24, 2.45) is 0 Å². The van der Waals surface area contributed by atoms with Crippen molar-refractivity contribution < 1.29 is 4.79 Å². The van der Waals surface area contributed by atoms with Crippen LogP contribution in [0.1, 0.15) is 17.5 Å². The van der Waals surface area contributed by atoms with E-state index in [2.05, 4.69) is 25.9 Å². The van der Waals surface area contributed by atoms with Gasteiger partial charge in [0.1, 0.15) is 17.8 Å². The van der Waals surface area contributed by atoms with E-state index in [0.717, 1.165) is 41.9 Å². The number of aromatic nitrogens is 3.